The van der Waals surface area contributed by atoms with Crippen molar-refractivity contribution in [2.24, 2.45) is 0 Å². The Kier molecular flexibility index (Phi) is 6.15. The normalized spacial score (nSPS) is 11.5. The van der Waals surface area contributed by atoms with E-state index >= 15 is 0 Å². The fourth-order valence-corrected chi connectivity index (χ4v) is 4.06. The lowest BCUT2D eigenvalue weighted by molar-refractivity contribution is -0.136. The van der Waals surface area contributed by atoms with Gasteiger partial charge in [-0.15, -0.1) is 11.3 Å². The van der Waals surface area contributed by atoms with Crippen molar-refractivity contribution in [3.05, 3.63) is 89.2 Å². The van der Waals surface area contributed by atoms with Crippen molar-refractivity contribution >= 4 is 39.2 Å². The summed E-state index contributed by atoms with van der Waals surface area (Å²) in [6.07, 6.45) is 4.15. The lowest BCUT2D eigenvalue weighted by atomic mass is 10.1. The molecule has 0 aliphatic rings. The van der Waals surface area contributed by atoms with Gasteiger partial charge in [0.25, 0.3) is 0 Å². The average molecular weight is 417 g/mol. The number of benzene rings is 2. The number of carboxylic acids is 1. The molecule has 4 rings (SSSR count). The van der Waals surface area contributed by atoms with Crippen molar-refractivity contribution in [1.82, 2.24) is 9.97 Å². The largest absolute Gasteiger partial charge is 0.487 e. The molecule has 0 aliphatic heterocycles. The van der Waals surface area contributed by atoms with Crippen LogP contribution in [0.2, 0.25) is 0 Å². The zero-order valence-corrected chi connectivity index (χ0v) is 17.0. The summed E-state index contributed by atoms with van der Waals surface area (Å²) in [5.74, 6) is -0.112. The van der Waals surface area contributed by atoms with E-state index in [1.807, 2.05) is 72.8 Å². The second-order valence-electron chi connectivity index (χ2n) is 6.70. The van der Waals surface area contributed by atoms with Crippen LogP contribution in [-0.4, -0.2) is 21.0 Å². The van der Waals surface area contributed by atoms with E-state index in [1.165, 1.54) is 0 Å². The minimum absolute atomic E-state index is 0.0404. The highest BCUT2D eigenvalue weighted by Gasteiger charge is 2.12. The standard InChI is InChI=1S/C24H20N2O3S/c27-23(28)13-12-18(24-26-20-9-2-4-11-22(20)30-24)15-17-7-1-3-10-21(17)29-16-19-8-5-6-14-25-19/h1-11,14-15H,12-13,16H2,(H,27,28)/b18-15+. The van der Waals surface area contributed by atoms with Crippen molar-refractivity contribution in [3.8, 4) is 5.75 Å². The number of aliphatic carboxylic acids is 1. The molecule has 0 saturated heterocycles. The molecular weight excluding hydrogens is 396 g/mol. The van der Waals surface area contributed by atoms with Gasteiger partial charge in [-0.1, -0.05) is 36.4 Å². The van der Waals surface area contributed by atoms with Crippen LogP contribution >= 0.6 is 11.3 Å². The van der Waals surface area contributed by atoms with Crippen molar-refractivity contribution in [3.63, 3.8) is 0 Å². The van der Waals surface area contributed by atoms with Crippen LogP contribution in [-0.2, 0) is 11.4 Å². The van der Waals surface area contributed by atoms with E-state index in [1.54, 1.807) is 17.5 Å². The SMILES string of the molecule is O=C(O)CC/C(=C\c1ccccc1OCc1ccccn1)c1nc2ccccc2s1. The molecule has 0 atom stereocenters. The molecule has 0 saturated carbocycles. The number of rotatable bonds is 8. The van der Waals surface area contributed by atoms with Crippen LogP contribution in [0, 0.1) is 0 Å². The summed E-state index contributed by atoms with van der Waals surface area (Å²) >= 11 is 1.57. The van der Waals surface area contributed by atoms with Crippen LogP contribution < -0.4 is 4.74 Å². The van der Waals surface area contributed by atoms with Gasteiger partial charge in [0.2, 0.25) is 0 Å². The molecule has 0 unspecified atom stereocenters. The van der Waals surface area contributed by atoms with Crippen LogP contribution in [0.1, 0.15) is 29.1 Å². The Morgan fingerprint density at radius 1 is 1.00 bits per heavy atom. The fraction of sp³-hybridized carbons (Fsp3) is 0.125. The van der Waals surface area contributed by atoms with Gasteiger partial charge >= 0.3 is 5.97 Å². The Balaban J connectivity index is 1.66. The molecule has 5 nitrogen and oxygen atoms in total. The third-order valence-corrected chi connectivity index (χ3v) is 5.64. The van der Waals surface area contributed by atoms with Crippen molar-refractivity contribution < 1.29 is 14.6 Å². The summed E-state index contributed by atoms with van der Waals surface area (Å²) in [6, 6.07) is 21.3. The third kappa shape index (κ3) is 4.90. The maximum Gasteiger partial charge on any atom is 0.303 e. The van der Waals surface area contributed by atoms with Gasteiger partial charge in [0.15, 0.2) is 0 Å². The molecule has 2 heterocycles. The van der Waals surface area contributed by atoms with Crippen molar-refractivity contribution in [2.75, 3.05) is 0 Å². The Hall–Kier alpha value is -3.51. The van der Waals surface area contributed by atoms with Gasteiger partial charge in [-0.05, 0) is 48.4 Å². The number of carbonyl (C=O) groups is 1. The molecule has 150 valence electrons. The summed E-state index contributed by atoms with van der Waals surface area (Å²) in [4.78, 5) is 20.2. The summed E-state index contributed by atoms with van der Waals surface area (Å²) in [5.41, 5.74) is 3.52. The first kappa shape index (κ1) is 19.8. The number of fused-ring (bicyclic) bond motifs is 1. The van der Waals surface area contributed by atoms with Gasteiger partial charge in [-0.25, -0.2) is 4.98 Å². The number of nitrogens with zero attached hydrogens (tertiary/aromatic N) is 2. The molecule has 0 bridgehead atoms. The van der Waals surface area contributed by atoms with Gasteiger partial charge in [0.05, 0.1) is 15.9 Å². The molecule has 4 aromatic rings. The number of carboxylic acid groups (broad SMARTS) is 1. The first-order valence-corrected chi connectivity index (χ1v) is 10.4. The van der Waals surface area contributed by atoms with Gasteiger partial charge in [-0.3, -0.25) is 9.78 Å². The summed E-state index contributed by atoms with van der Waals surface area (Å²) in [7, 11) is 0. The van der Waals surface area contributed by atoms with Crippen LogP contribution in [0.5, 0.6) is 5.75 Å². The minimum Gasteiger partial charge on any atom is -0.487 e. The lowest BCUT2D eigenvalue weighted by Gasteiger charge is -2.10. The van der Waals surface area contributed by atoms with Gasteiger partial charge in [-0.2, -0.15) is 0 Å². The maximum atomic E-state index is 11.2. The highest BCUT2D eigenvalue weighted by atomic mass is 32.1. The van der Waals surface area contributed by atoms with E-state index in [4.69, 9.17) is 9.72 Å². The van der Waals surface area contributed by atoms with Gasteiger partial charge in [0.1, 0.15) is 17.4 Å². The van der Waals surface area contributed by atoms with Crippen molar-refractivity contribution in [1.29, 1.82) is 0 Å². The highest BCUT2D eigenvalue weighted by molar-refractivity contribution is 7.19. The molecule has 2 aromatic heterocycles. The zero-order valence-electron chi connectivity index (χ0n) is 16.2. The Morgan fingerprint density at radius 2 is 1.80 bits per heavy atom. The molecular formula is C24H20N2O3S. The Morgan fingerprint density at radius 3 is 2.60 bits per heavy atom. The molecule has 0 fully saturated rings. The number of thiazole rings is 1. The number of ether oxygens (including phenoxy) is 1. The first-order chi connectivity index (χ1) is 14.7. The monoisotopic (exact) mass is 416 g/mol. The van der Waals surface area contributed by atoms with E-state index in [0.717, 1.165) is 37.8 Å². The number of allylic oxidation sites excluding steroid dienone is 1. The minimum atomic E-state index is -0.832. The topological polar surface area (TPSA) is 72.3 Å². The van der Waals surface area contributed by atoms with Crippen molar-refractivity contribution in [2.45, 2.75) is 19.4 Å². The second kappa shape index (κ2) is 9.33. The van der Waals surface area contributed by atoms with E-state index in [9.17, 15) is 9.90 Å². The van der Waals surface area contributed by atoms with Crippen LogP contribution in [0.3, 0.4) is 0 Å². The predicted octanol–water partition coefficient (Wildman–Crippen LogP) is 5.68. The molecule has 2 aromatic carbocycles. The molecule has 0 amide bonds. The summed E-state index contributed by atoms with van der Waals surface area (Å²) in [6.45, 7) is 0.358. The van der Waals surface area contributed by atoms with E-state index in [2.05, 4.69) is 4.98 Å². The molecule has 0 radical (unpaired) electrons. The molecule has 1 N–H and O–H groups in total. The Bertz CT molecular complexity index is 1150. The fourth-order valence-electron chi connectivity index (χ4n) is 3.05. The first-order valence-electron chi connectivity index (χ1n) is 9.59. The summed E-state index contributed by atoms with van der Waals surface area (Å²) in [5, 5.41) is 10.0. The third-order valence-electron chi connectivity index (χ3n) is 4.53. The van der Waals surface area contributed by atoms with E-state index in [0.29, 0.717) is 13.0 Å². The quantitative estimate of drug-likeness (QED) is 0.400. The predicted molar refractivity (Wildman–Crippen MR) is 119 cm³/mol. The number of aromatic nitrogens is 2. The average Bonchev–Trinajstić information content (AvgIpc) is 3.20. The number of pyridine rings is 1. The van der Waals surface area contributed by atoms with Crippen LogP contribution in [0.4, 0.5) is 0 Å². The molecule has 0 spiro atoms. The number of hydrogen-bond donors (Lipinski definition) is 1. The zero-order chi connectivity index (χ0) is 20.8. The van der Waals surface area contributed by atoms with Gasteiger partial charge in [0, 0.05) is 18.2 Å². The van der Waals surface area contributed by atoms with E-state index in [-0.39, 0.29) is 6.42 Å². The van der Waals surface area contributed by atoms with E-state index < -0.39 is 5.97 Å². The molecule has 6 heteroatoms. The number of para-hydroxylation sites is 2. The number of hydrogen-bond acceptors (Lipinski definition) is 5. The smallest absolute Gasteiger partial charge is 0.303 e. The van der Waals surface area contributed by atoms with Gasteiger partial charge < -0.3 is 9.84 Å². The summed E-state index contributed by atoms with van der Waals surface area (Å²) < 4.78 is 7.08. The van der Waals surface area contributed by atoms with Crippen LogP contribution in [0.15, 0.2) is 72.9 Å². The lowest BCUT2D eigenvalue weighted by Crippen LogP contribution is -1.99. The molecule has 0 aliphatic carbocycles. The molecule has 30 heavy (non-hydrogen) atoms. The second-order valence-corrected chi connectivity index (χ2v) is 7.73. The Labute approximate surface area is 178 Å². The maximum absolute atomic E-state index is 11.2. The highest BCUT2D eigenvalue weighted by Crippen LogP contribution is 2.32. The van der Waals surface area contributed by atoms with Crippen LogP contribution in [0.25, 0.3) is 21.9 Å².